The molecule has 3 aliphatic rings. The van der Waals surface area contributed by atoms with Crippen molar-refractivity contribution in [3.8, 4) is 5.75 Å². The summed E-state index contributed by atoms with van der Waals surface area (Å²) in [4.78, 5) is 15.0. The molecule has 0 spiro atoms. The molecule has 1 atom stereocenters. The fourth-order valence-corrected chi connectivity index (χ4v) is 4.64. The van der Waals surface area contributed by atoms with Crippen LogP contribution in [0.5, 0.6) is 5.75 Å². The number of hydrogen-bond acceptors (Lipinski definition) is 5. The first-order valence-electron chi connectivity index (χ1n) is 12.3. The molecule has 1 aromatic rings. The lowest BCUT2D eigenvalue weighted by Gasteiger charge is -2.31. The molecule has 0 aromatic heterocycles. The summed E-state index contributed by atoms with van der Waals surface area (Å²) in [7, 11) is 0. The molecule has 5 heteroatoms. The van der Waals surface area contributed by atoms with Crippen molar-refractivity contribution in [2.24, 2.45) is 0 Å². The van der Waals surface area contributed by atoms with Crippen molar-refractivity contribution < 1.29 is 19.0 Å². The summed E-state index contributed by atoms with van der Waals surface area (Å²) < 4.78 is 16.8. The first-order valence-corrected chi connectivity index (χ1v) is 12.3. The quantitative estimate of drug-likeness (QED) is 0.351. The van der Waals surface area contributed by atoms with E-state index in [-0.39, 0.29) is 5.97 Å². The molecular weight excluding hydrogens is 414 g/mol. The SMILES string of the molecule is CCCCOCCOc1ccc(C2=CC3=C4C(=CCC3)CCN4C(C(=O)OCC)C=C2)cc1. The second-order valence-electron chi connectivity index (χ2n) is 8.58. The molecule has 1 unspecified atom stereocenters. The Morgan fingerprint density at radius 3 is 2.73 bits per heavy atom. The summed E-state index contributed by atoms with van der Waals surface area (Å²) in [6.07, 6.45) is 13.9. The molecule has 0 saturated carbocycles. The van der Waals surface area contributed by atoms with Crippen molar-refractivity contribution in [3.05, 3.63) is 71.0 Å². The van der Waals surface area contributed by atoms with Crippen LogP contribution >= 0.6 is 0 Å². The lowest BCUT2D eigenvalue weighted by molar-refractivity contribution is -0.146. The predicted octanol–water partition coefficient (Wildman–Crippen LogP) is 5.45. The Morgan fingerprint density at radius 1 is 1.09 bits per heavy atom. The van der Waals surface area contributed by atoms with Crippen molar-refractivity contribution in [2.75, 3.05) is 33.0 Å². The topological polar surface area (TPSA) is 48.0 Å². The van der Waals surface area contributed by atoms with Crippen molar-refractivity contribution in [3.63, 3.8) is 0 Å². The number of hydrogen-bond donors (Lipinski definition) is 0. The van der Waals surface area contributed by atoms with E-state index in [0.29, 0.717) is 19.8 Å². The lowest BCUT2D eigenvalue weighted by atomic mass is 9.91. The molecule has 0 radical (unpaired) electrons. The largest absolute Gasteiger partial charge is 0.491 e. The molecule has 1 saturated heterocycles. The number of esters is 1. The molecule has 0 bridgehead atoms. The average molecular weight is 450 g/mol. The van der Waals surface area contributed by atoms with Gasteiger partial charge in [-0.2, -0.15) is 0 Å². The minimum absolute atomic E-state index is 0.182. The van der Waals surface area contributed by atoms with Crippen LogP contribution in [0.3, 0.4) is 0 Å². The van der Waals surface area contributed by atoms with Crippen molar-refractivity contribution in [1.82, 2.24) is 4.90 Å². The van der Waals surface area contributed by atoms with Crippen molar-refractivity contribution >= 4 is 11.5 Å². The maximum atomic E-state index is 12.8. The van der Waals surface area contributed by atoms with Gasteiger partial charge in [0.15, 0.2) is 0 Å². The number of allylic oxidation sites excluding steroid dienone is 6. The van der Waals surface area contributed by atoms with Crippen LogP contribution in [-0.2, 0) is 14.3 Å². The van der Waals surface area contributed by atoms with Gasteiger partial charge in [-0.3, -0.25) is 0 Å². The zero-order valence-electron chi connectivity index (χ0n) is 19.8. The van der Waals surface area contributed by atoms with Gasteiger partial charge in [-0.05, 0) is 73.1 Å². The van der Waals surface area contributed by atoms with Gasteiger partial charge in [0.25, 0.3) is 0 Å². The summed E-state index contributed by atoms with van der Waals surface area (Å²) in [6.45, 7) is 7.21. The Hall–Kier alpha value is -2.79. The number of rotatable bonds is 10. The maximum absolute atomic E-state index is 12.8. The lowest BCUT2D eigenvalue weighted by Crippen LogP contribution is -2.39. The predicted molar refractivity (Wildman–Crippen MR) is 131 cm³/mol. The molecule has 1 aliphatic carbocycles. The highest BCUT2D eigenvalue weighted by Gasteiger charge is 2.35. The summed E-state index contributed by atoms with van der Waals surface area (Å²) in [5.74, 6) is 0.656. The molecule has 4 rings (SSSR count). The molecule has 2 heterocycles. The average Bonchev–Trinajstić information content (AvgIpc) is 3.25. The molecule has 1 aromatic carbocycles. The highest BCUT2D eigenvalue weighted by Crippen LogP contribution is 2.40. The van der Waals surface area contributed by atoms with E-state index in [0.717, 1.165) is 62.1 Å². The minimum atomic E-state index is -0.391. The monoisotopic (exact) mass is 449 g/mol. The second kappa shape index (κ2) is 11.4. The van der Waals surface area contributed by atoms with Gasteiger partial charge in [0.05, 0.1) is 13.2 Å². The third kappa shape index (κ3) is 5.59. The van der Waals surface area contributed by atoms with E-state index in [1.54, 1.807) is 0 Å². The van der Waals surface area contributed by atoms with Gasteiger partial charge in [-0.25, -0.2) is 4.79 Å². The molecule has 176 valence electrons. The number of benzene rings is 1. The summed E-state index contributed by atoms with van der Waals surface area (Å²) in [5, 5.41) is 0. The van der Waals surface area contributed by atoms with Gasteiger partial charge in [0.2, 0.25) is 0 Å². The van der Waals surface area contributed by atoms with E-state index < -0.39 is 6.04 Å². The number of carbonyl (C=O) groups excluding carboxylic acids is 1. The summed E-state index contributed by atoms with van der Waals surface area (Å²) >= 11 is 0. The van der Waals surface area contributed by atoms with Crippen LogP contribution in [0.1, 0.15) is 51.5 Å². The second-order valence-corrected chi connectivity index (χ2v) is 8.58. The highest BCUT2D eigenvalue weighted by atomic mass is 16.5. The Bertz CT molecular complexity index is 955. The van der Waals surface area contributed by atoms with Crippen LogP contribution in [-0.4, -0.2) is 49.9 Å². The smallest absolute Gasteiger partial charge is 0.332 e. The third-order valence-corrected chi connectivity index (χ3v) is 6.30. The molecule has 2 aliphatic heterocycles. The Labute approximate surface area is 197 Å². The van der Waals surface area contributed by atoms with Crippen molar-refractivity contribution in [1.29, 1.82) is 0 Å². The van der Waals surface area contributed by atoms with Crippen LogP contribution in [0.25, 0.3) is 5.57 Å². The van der Waals surface area contributed by atoms with Gasteiger partial charge in [-0.15, -0.1) is 0 Å². The highest BCUT2D eigenvalue weighted by molar-refractivity contribution is 5.83. The zero-order valence-corrected chi connectivity index (χ0v) is 19.8. The molecule has 0 N–H and O–H groups in total. The summed E-state index contributed by atoms with van der Waals surface area (Å²) in [6, 6.07) is 7.79. The van der Waals surface area contributed by atoms with E-state index in [9.17, 15) is 4.79 Å². The number of carbonyl (C=O) groups is 1. The first-order chi connectivity index (χ1) is 16.2. The number of unbranched alkanes of at least 4 members (excludes halogenated alkanes) is 1. The first kappa shape index (κ1) is 23.4. The van der Waals surface area contributed by atoms with Crippen LogP contribution in [0.4, 0.5) is 0 Å². The third-order valence-electron chi connectivity index (χ3n) is 6.30. The Balaban J connectivity index is 1.53. The molecule has 0 amide bonds. The van der Waals surface area contributed by atoms with Gasteiger partial charge < -0.3 is 19.1 Å². The zero-order chi connectivity index (χ0) is 23.0. The van der Waals surface area contributed by atoms with Crippen LogP contribution in [0, 0.1) is 0 Å². The van der Waals surface area contributed by atoms with E-state index >= 15 is 0 Å². The van der Waals surface area contributed by atoms with Gasteiger partial charge in [0, 0.05) is 18.8 Å². The van der Waals surface area contributed by atoms with Gasteiger partial charge in [0.1, 0.15) is 18.4 Å². The molecule has 1 fully saturated rings. The number of nitrogens with zero attached hydrogens (tertiary/aromatic N) is 1. The van der Waals surface area contributed by atoms with E-state index in [1.165, 1.54) is 16.8 Å². The van der Waals surface area contributed by atoms with Gasteiger partial charge in [-0.1, -0.05) is 43.7 Å². The maximum Gasteiger partial charge on any atom is 0.332 e. The van der Waals surface area contributed by atoms with E-state index in [1.807, 2.05) is 25.1 Å². The van der Waals surface area contributed by atoms with Crippen LogP contribution in [0.2, 0.25) is 0 Å². The van der Waals surface area contributed by atoms with E-state index in [2.05, 4.69) is 42.2 Å². The van der Waals surface area contributed by atoms with Crippen LogP contribution in [0.15, 0.2) is 65.4 Å². The van der Waals surface area contributed by atoms with Crippen molar-refractivity contribution in [2.45, 2.75) is 52.0 Å². The summed E-state index contributed by atoms with van der Waals surface area (Å²) in [5.41, 5.74) is 6.11. The molecular formula is C28H35NO4. The molecule has 33 heavy (non-hydrogen) atoms. The number of ether oxygens (including phenoxy) is 3. The fourth-order valence-electron chi connectivity index (χ4n) is 4.64. The standard InChI is InChI=1S/C28H35NO4/c1-3-5-17-31-18-19-33-25-12-9-21(10-13-25)23-11-14-26(28(30)32-4-2)29-16-15-22-7-6-8-24(20-23)27(22)29/h7,9-14,20,26H,3-6,8,15-19H2,1-2H3. The minimum Gasteiger partial charge on any atom is -0.491 e. The van der Waals surface area contributed by atoms with Gasteiger partial charge >= 0.3 is 5.97 Å². The van der Waals surface area contributed by atoms with Crippen LogP contribution < -0.4 is 4.74 Å². The Morgan fingerprint density at radius 2 is 1.94 bits per heavy atom. The fraction of sp³-hybridized carbons (Fsp3) is 0.464. The normalized spacial score (nSPS) is 19.5. The molecule has 5 nitrogen and oxygen atoms in total. The Kier molecular flexibility index (Phi) is 8.05. The van der Waals surface area contributed by atoms with E-state index in [4.69, 9.17) is 14.2 Å².